The number of carbonyl (C=O) groups excluding carboxylic acids is 6. The van der Waals surface area contributed by atoms with Gasteiger partial charge in [-0.2, -0.15) is 0 Å². The predicted molar refractivity (Wildman–Crippen MR) is 238 cm³/mol. The summed E-state index contributed by atoms with van der Waals surface area (Å²) in [6, 6.07) is 5.85. The zero-order valence-corrected chi connectivity index (χ0v) is 38.2. The molecule has 2 aromatic carbocycles. The van der Waals surface area contributed by atoms with Crippen LogP contribution in [-0.4, -0.2) is 74.3 Å². The number of nitrogens with zero attached hydrogens (tertiary/aromatic N) is 8. The number of unbranched alkanes of at least 4 members (excludes halogenated alkanes) is 5. The largest absolute Gasteiger partial charge is 0.343 e. The third-order valence-electron chi connectivity index (χ3n) is 11.6. The average molecular weight is 943 g/mol. The molecule has 0 fully saturated rings. The Bertz CT molecular complexity index is 2720. The van der Waals surface area contributed by atoms with Gasteiger partial charge in [-0.25, -0.2) is 17.6 Å². The molecule has 0 bridgehead atoms. The van der Waals surface area contributed by atoms with E-state index in [1.54, 1.807) is 49.7 Å². The van der Waals surface area contributed by atoms with E-state index in [4.69, 9.17) is 0 Å². The lowest BCUT2D eigenvalue weighted by molar-refractivity contribution is -0.117. The molecule has 358 valence electrons. The number of hydrogen-bond donors (Lipinski definition) is 4. The minimum atomic E-state index is -1.13. The van der Waals surface area contributed by atoms with Crippen LogP contribution in [0, 0.1) is 51.0 Å². The molecule has 4 amide bonds. The van der Waals surface area contributed by atoms with Crippen molar-refractivity contribution in [2.75, 3.05) is 10.6 Å². The third kappa shape index (κ3) is 11.4. The van der Waals surface area contributed by atoms with Gasteiger partial charge in [-0.15, -0.1) is 10.2 Å². The lowest BCUT2D eigenvalue weighted by atomic mass is 10.0. The highest BCUT2D eigenvalue weighted by Crippen LogP contribution is 2.25. The Morgan fingerprint density at radius 1 is 0.529 bits per heavy atom. The number of anilines is 2. The van der Waals surface area contributed by atoms with Crippen molar-refractivity contribution in [3.8, 4) is 0 Å². The van der Waals surface area contributed by atoms with Crippen molar-refractivity contribution in [1.82, 2.24) is 49.8 Å². The zero-order chi connectivity index (χ0) is 49.4. The maximum atomic E-state index is 13.7. The number of hydrogen-bond acceptors (Lipinski definition) is 10. The van der Waals surface area contributed by atoms with Gasteiger partial charge < -0.3 is 30.4 Å². The van der Waals surface area contributed by atoms with Crippen LogP contribution in [0.2, 0.25) is 0 Å². The minimum absolute atomic E-state index is 0.0217. The molecule has 0 saturated heterocycles. The van der Waals surface area contributed by atoms with Crippen molar-refractivity contribution >= 4 is 46.6 Å². The number of Topliss-reactive ketones (excluding diaryl/α,β-unsaturated/α-hetero) is 2. The second kappa shape index (κ2) is 21.7. The Labute approximate surface area is 387 Å². The summed E-state index contributed by atoms with van der Waals surface area (Å²) in [7, 11) is 3.11. The highest BCUT2D eigenvalue weighted by Gasteiger charge is 2.30. The van der Waals surface area contributed by atoms with E-state index in [1.165, 1.54) is 35.1 Å². The van der Waals surface area contributed by atoms with Crippen LogP contribution in [0.3, 0.4) is 0 Å². The Morgan fingerprint density at radius 3 is 1.26 bits per heavy atom. The second-order valence-electron chi connectivity index (χ2n) is 16.2. The molecule has 0 spiro atoms. The molecule has 0 aliphatic carbocycles. The van der Waals surface area contributed by atoms with Gasteiger partial charge in [-0.1, -0.05) is 36.1 Å². The number of halogens is 4. The van der Waals surface area contributed by atoms with Crippen LogP contribution in [0.5, 0.6) is 0 Å². The zero-order valence-electron chi connectivity index (χ0n) is 38.2. The van der Waals surface area contributed by atoms with Crippen LogP contribution >= 0.6 is 0 Å². The Hall–Kier alpha value is -7.78. The van der Waals surface area contributed by atoms with E-state index < -0.39 is 58.5 Å². The summed E-state index contributed by atoms with van der Waals surface area (Å²) in [6.07, 6.45) is 8.90. The van der Waals surface area contributed by atoms with Gasteiger partial charge in [0.1, 0.15) is 22.8 Å². The summed E-state index contributed by atoms with van der Waals surface area (Å²) in [5.74, 6) is -9.20. The fourth-order valence-electron chi connectivity index (χ4n) is 7.84. The molecule has 68 heavy (non-hydrogen) atoms. The smallest absolute Gasteiger partial charge is 0.292 e. The number of nitrogens with one attached hydrogen (secondary N) is 4. The molecule has 22 heteroatoms. The summed E-state index contributed by atoms with van der Waals surface area (Å²) in [4.78, 5) is 78.4. The molecule has 0 atom stereocenters. The number of carbonyl (C=O) groups is 6. The van der Waals surface area contributed by atoms with Gasteiger partial charge in [0.2, 0.25) is 0 Å². The first-order chi connectivity index (χ1) is 32.4. The number of rotatable bonds is 21. The minimum Gasteiger partial charge on any atom is -0.343 e. The molecule has 6 aromatic rings. The van der Waals surface area contributed by atoms with Crippen LogP contribution in [0.25, 0.3) is 0 Å². The Morgan fingerprint density at radius 2 is 0.897 bits per heavy atom. The van der Waals surface area contributed by atoms with Gasteiger partial charge in [-0.05, 0) is 75.9 Å². The number of aryl methyl sites for hydroxylation is 2. The maximum absolute atomic E-state index is 13.7. The lowest BCUT2D eigenvalue weighted by Gasteiger charge is -2.08. The molecule has 18 nitrogen and oxygen atoms in total. The van der Waals surface area contributed by atoms with E-state index >= 15 is 0 Å². The predicted octanol–water partition coefficient (Wildman–Crippen LogP) is 5.88. The van der Waals surface area contributed by atoms with Gasteiger partial charge in [0.15, 0.2) is 23.3 Å². The van der Waals surface area contributed by atoms with Crippen molar-refractivity contribution < 1.29 is 46.3 Å². The van der Waals surface area contributed by atoms with E-state index in [0.717, 1.165) is 62.8 Å². The summed E-state index contributed by atoms with van der Waals surface area (Å²) >= 11 is 0. The molecule has 0 aliphatic rings. The standard InChI is InChI=1S/C46H50F4N12O6/c1-25-37(27(3)59(5)39(25)43(65)53-29-13-15-33(47)35(49)19-29)41(63)45(67)51-21-31-23-61(57-55-31)17-11-9-7-8-10-12-18-62-24-32(56-58-62)22-52-46(68)42(64)38-26(2)40(60(6)28(38)4)44(66)54-30-14-16-34(48)36(50)20-30/h13-16,19-20,23-24H,7-12,17-18,21-22H2,1-6H3,(H,51,67)(H,52,68)(H,53,65)(H,54,66). The molecule has 4 heterocycles. The Balaban J connectivity index is 0.861. The van der Waals surface area contributed by atoms with E-state index in [0.29, 0.717) is 35.9 Å². The number of benzene rings is 2. The van der Waals surface area contributed by atoms with Crippen LogP contribution in [0.1, 0.15) is 114 Å². The van der Waals surface area contributed by atoms with Crippen molar-refractivity contribution in [3.63, 3.8) is 0 Å². The molecule has 4 N–H and O–H groups in total. The number of ketones is 2. The van der Waals surface area contributed by atoms with Crippen LogP contribution in [0.4, 0.5) is 28.9 Å². The fraction of sp³-hybridized carbons (Fsp3) is 0.348. The quantitative estimate of drug-likeness (QED) is 0.0290. The highest BCUT2D eigenvalue weighted by molar-refractivity contribution is 6.44. The highest BCUT2D eigenvalue weighted by atomic mass is 19.2. The van der Waals surface area contributed by atoms with Crippen molar-refractivity contribution in [1.29, 1.82) is 0 Å². The fourth-order valence-corrected chi connectivity index (χ4v) is 7.84. The molecule has 0 aliphatic heterocycles. The molecule has 0 radical (unpaired) electrons. The number of amides is 4. The van der Waals surface area contributed by atoms with Crippen LogP contribution < -0.4 is 21.3 Å². The summed E-state index contributed by atoms with van der Waals surface area (Å²) in [5, 5.41) is 26.5. The van der Waals surface area contributed by atoms with Crippen molar-refractivity contribution in [2.45, 2.75) is 92.4 Å². The van der Waals surface area contributed by atoms with Gasteiger partial charge in [0.05, 0.1) is 36.6 Å². The number of aromatic nitrogens is 8. The molecule has 0 unspecified atom stereocenters. The van der Waals surface area contributed by atoms with Gasteiger partial charge in [0, 0.05) is 62.1 Å². The van der Waals surface area contributed by atoms with E-state index in [9.17, 15) is 46.3 Å². The SMILES string of the molecule is Cc1c(C(=O)C(=O)NCc2cn(CCCCCCCCn3cc(CNC(=O)C(=O)c4c(C)c(C(=O)Nc5ccc(F)c(F)c5)n(C)c4C)nn3)nn2)c(C)n(C)c1C(=O)Nc1ccc(F)c(F)c1. The van der Waals surface area contributed by atoms with Crippen LogP contribution in [0.15, 0.2) is 48.8 Å². The maximum Gasteiger partial charge on any atom is 0.292 e. The van der Waals surface area contributed by atoms with Crippen molar-refractivity contribution in [2.24, 2.45) is 14.1 Å². The van der Waals surface area contributed by atoms with E-state index in [-0.39, 0.29) is 58.1 Å². The lowest BCUT2D eigenvalue weighted by Crippen LogP contribution is -2.31. The molecule has 4 aromatic heterocycles. The van der Waals surface area contributed by atoms with Crippen molar-refractivity contribution in [3.05, 3.63) is 128 Å². The average Bonchev–Trinajstić information content (AvgIpc) is 4.06. The van der Waals surface area contributed by atoms with Gasteiger partial charge >= 0.3 is 0 Å². The second-order valence-corrected chi connectivity index (χ2v) is 16.2. The first-order valence-corrected chi connectivity index (χ1v) is 21.6. The summed E-state index contributed by atoms with van der Waals surface area (Å²) < 4.78 is 60.3. The Kier molecular flexibility index (Phi) is 15.8. The molecule has 0 saturated carbocycles. The molecular weight excluding hydrogens is 893 g/mol. The monoisotopic (exact) mass is 942 g/mol. The topological polar surface area (TPSA) is 222 Å². The first kappa shape index (κ1) is 49.6. The van der Waals surface area contributed by atoms with Crippen LogP contribution in [-0.2, 0) is 49.9 Å². The molecule has 6 rings (SSSR count). The normalized spacial score (nSPS) is 11.1. The van der Waals surface area contributed by atoms with Gasteiger partial charge in [0.25, 0.3) is 35.2 Å². The first-order valence-electron chi connectivity index (χ1n) is 21.6. The van der Waals surface area contributed by atoms with E-state index in [2.05, 4.69) is 41.9 Å². The third-order valence-corrected chi connectivity index (χ3v) is 11.6. The van der Waals surface area contributed by atoms with Gasteiger partial charge in [-0.3, -0.25) is 38.1 Å². The summed E-state index contributed by atoms with van der Waals surface area (Å²) in [5.41, 5.74) is 2.46. The molecular formula is C46H50F4N12O6. The summed E-state index contributed by atoms with van der Waals surface area (Å²) in [6.45, 7) is 7.35. The van der Waals surface area contributed by atoms with E-state index in [1.807, 2.05) is 0 Å².